The number of fused-ring (bicyclic) bond motifs is 3. The molecule has 0 saturated heterocycles. The summed E-state index contributed by atoms with van der Waals surface area (Å²) in [5.74, 6) is 0.379. The van der Waals surface area contributed by atoms with E-state index in [4.69, 9.17) is 13.6 Å². The topological polar surface area (TPSA) is 108 Å². The lowest BCUT2D eigenvalue weighted by Gasteiger charge is -2.05. The minimum absolute atomic E-state index is 0.0390. The quantitative estimate of drug-likeness (QED) is 0.231. The predicted octanol–water partition coefficient (Wildman–Crippen LogP) is 4.17. The van der Waals surface area contributed by atoms with Crippen LogP contribution in [-0.4, -0.2) is 25.2 Å². The third-order valence-corrected chi connectivity index (χ3v) is 4.41. The highest BCUT2D eigenvalue weighted by molar-refractivity contribution is 6.09. The van der Waals surface area contributed by atoms with Gasteiger partial charge in [0.1, 0.15) is 11.0 Å². The Morgan fingerprint density at radius 2 is 1.86 bits per heavy atom. The Morgan fingerprint density at radius 1 is 1.11 bits per heavy atom. The molecule has 4 rings (SSSR count). The maximum Gasteiger partial charge on any atom is 0.348 e. The Kier molecular flexibility index (Phi) is 4.54. The number of nitro benzene ring substituents is 1. The SMILES string of the molecule is COCCNc1oc2c(c1-c1ccc([N+](=O)[O-])cc1)c(=O)oc1ccccc12. The van der Waals surface area contributed by atoms with Crippen LogP contribution in [-0.2, 0) is 4.74 Å². The van der Waals surface area contributed by atoms with Gasteiger partial charge in [-0.2, -0.15) is 0 Å². The first-order valence-corrected chi connectivity index (χ1v) is 8.56. The summed E-state index contributed by atoms with van der Waals surface area (Å²) in [5, 5.41) is 15.0. The van der Waals surface area contributed by atoms with Gasteiger partial charge in [0, 0.05) is 25.8 Å². The fourth-order valence-electron chi connectivity index (χ4n) is 3.13. The maximum absolute atomic E-state index is 12.7. The largest absolute Gasteiger partial charge is 0.439 e. The third-order valence-electron chi connectivity index (χ3n) is 4.41. The average molecular weight is 380 g/mol. The highest BCUT2D eigenvalue weighted by Gasteiger charge is 2.22. The van der Waals surface area contributed by atoms with Crippen LogP contribution in [0.15, 0.2) is 62.2 Å². The zero-order valence-electron chi connectivity index (χ0n) is 14.9. The smallest absolute Gasteiger partial charge is 0.348 e. The number of ether oxygens (including phenoxy) is 1. The summed E-state index contributed by atoms with van der Waals surface area (Å²) in [4.78, 5) is 23.2. The lowest BCUT2D eigenvalue weighted by atomic mass is 10.0. The van der Waals surface area contributed by atoms with E-state index in [-0.39, 0.29) is 11.1 Å². The molecule has 2 aromatic heterocycles. The zero-order chi connectivity index (χ0) is 19.7. The van der Waals surface area contributed by atoms with Crippen LogP contribution >= 0.6 is 0 Å². The van der Waals surface area contributed by atoms with E-state index in [1.807, 2.05) is 12.1 Å². The van der Waals surface area contributed by atoms with E-state index in [2.05, 4.69) is 5.32 Å². The normalized spacial score (nSPS) is 11.2. The highest BCUT2D eigenvalue weighted by Crippen LogP contribution is 2.40. The molecule has 8 nitrogen and oxygen atoms in total. The summed E-state index contributed by atoms with van der Waals surface area (Å²) in [6, 6.07) is 13.0. The van der Waals surface area contributed by atoms with E-state index >= 15 is 0 Å². The molecule has 0 spiro atoms. The first kappa shape index (κ1) is 17.7. The van der Waals surface area contributed by atoms with Crippen molar-refractivity contribution in [2.45, 2.75) is 0 Å². The lowest BCUT2D eigenvalue weighted by molar-refractivity contribution is -0.384. The molecule has 0 unspecified atom stereocenters. The Balaban J connectivity index is 1.98. The van der Waals surface area contributed by atoms with Gasteiger partial charge in [0.05, 0.1) is 22.5 Å². The van der Waals surface area contributed by atoms with Crippen LogP contribution < -0.4 is 10.9 Å². The number of anilines is 1. The molecule has 0 radical (unpaired) electrons. The van der Waals surface area contributed by atoms with Crippen LogP contribution in [0.25, 0.3) is 33.1 Å². The van der Waals surface area contributed by atoms with Crippen molar-refractivity contribution in [3.63, 3.8) is 0 Å². The van der Waals surface area contributed by atoms with E-state index < -0.39 is 10.5 Å². The maximum atomic E-state index is 12.7. The minimum atomic E-state index is -0.536. The first-order chi connectivity index (χ1) is 13.6. The van der Waals surface area contributed by atoms with Gasteiger partial charge in [-0.15, -0.1) is 0 Å². The number of non-ortho nitro benzene ring substituents is 1. The van der Waals surface area contributed by atoms with Gasteiger partial charge in [-0.05, 0) is 29.8 Å². The number of nitrogens with one attached hydrogen (secondary N) is 1. The van der Waals surface area contributed by atoms with Crippen molar-refractivity contribution >= 4 is 33.5 Å². The summed E-state index contributed by atoms with van der Waals surface area (Å²) < 4.78 is 16.5. The van der Waals surface area contributed by atoms with Gasteiger partial charge in [0.15, 0.2) is 5.58 Å². The molecule has 0 amide bonds. The Labute approximate surface area is 158 Å². The third kappa shape index (κ3) is 2.99. The second-order valence-electron chi connectivity index (χ2n) is 6.12. The summed E-state index contributed by atoms with van der Waals surface area (Å²) in [6.45, 7) is 0.895. The minimum Gasteiger partial charge on any atom is -0.439 e. The van der Waals surface area contributed by atoms with Crippen molar-refractivity contribution in [2.75, 3.05) is 25.6 Å². The second kappa shape index (κ2) is 7.16. The number of furan rings is 1. The van der Waals surface area contributed by atoms with Gasteiger partial charge in [0.2, 0.25) is 5.88 Å². The summed E-state index contributed by atoms with van der Waals surface area (Å²) in [5.41, 5.74) is 1.36. The molecule has 0 saturated carbocycles. The number of para-hydroxylation sites is 1. The molecule has 0 atom stereocenters. The van der Waals surface area contributed by atoms with E-state index in [0.29, 0.717) is 46.7 Å². The van der Waals surface area contributed by atoms with Crippen LogP contribution in [0.1, 0.15) is 0 Å². The van der Waals surface area contributed by atoms with E-state index in [9.17, 15) is 14.9 Å². The standard InChI is InChI=1S/C20H16N2O6/c1-26-11-10-21-19-16(12-6-8-13(9-7-12)22(24)25)17-18(28-19)14-4-2-3-5-15(14)27-20(17)23/h2-9,21H,10-11H2,1H3. The fraction of sp³-hybridized carbons (Fsp3) is 0.150. The Morgan fingerprint density at radius 3 is 2.57 bits per heavy atom. The molecule has 2 aromatic carbocycles. The molecule has 142 valence electrons. The molecule has 28 heavy (non-hydrogen) atoms. The van der Waals surface area contributed by atoms with E-state index in [1.54, 1.807) is 31.4 Å². The number of hydrogen-bond acceptors (Lipinski definition) is 7. The molecule has 0 aliphatic carbocycles. The van der Waals surface area contributed by atoms with Crippen LogP contribution in [0.5, 0.6) is 0 Å². The van der Waals surface area contributed by atoms with Crippen molar-refractivity contribution in [2.24, 2.45) is 0 Å². The van der Waals surface area contributed by atoms with Gasteiger partial charge >= 0.3 is 5.63 Å². The number of rotatable bonds is 6. The van der Waals surface area contributed by atoms with Crippen molar-refractivity contribution in [3.8, 4) is 11.1 Å². The fourth-order valence-corrected chi connectivity index (χ4v) is 3.13. The molecule has 2 heterocycles. The van der Waals surface area contributed by atoms with Crippen LogP contribution in [0.3, 0.4) is 0 Å². The predicted molar refractivity (Wildman–Crippen MR) is 105 cm³/mol. The second-order valence-corrected chi connectivity index (χ2v) is 6.12. The summed E-state index contributed by atoms with van der Waals surface area (Å²) >= 11 is 0. The van der Waals surface area contributed by atoms with Crippen LogP contribution in [0.2, 0.25) is 0 Å². The van der Waals surface area contributed by atoms with Gasteiger partial charge in [-0.25, -0.2) is 4.79 Å². The summed E-state index contributed by atoms with van der Waals surface area (Å²) in [6.07, 6.45) is 0. The average Bonchev–Trinajstić information content (AvgIpc) is 3.08. The van der Waals surface area contributed by atoms with E-state index in [0.717, 1.165) is 0 Å². The molecule has 4 aromatic rings. The molecule has 8 heteroatoms. The van der Waals surface area contributed by atoms with Crippen molar-refractivity contribution in [3.05, 3.63) is 69.1 Å². The molecule has 1 N–H and O–H groups in total. The monoisotopic (exact) mass is 380 g/mol. The lowest BCUT2D eigenvalue weighted by Crippen LogP contribution is -2.07. The molecule has 0 aliphatic heterocycles. The Bertz CT molecular complexity index is 1220. The number of benzene rings is 2. The molecule has 0 aliphatic rings. The first-order valence-electron chi connectivity index (χ1n) is 8.56. The number of methoxy groups -OCH3 is 1. The van der Waals surface area contributed by atoms with Gasteiger partial charge in [0.25, 0.3) is 5.69 Å². The van der Waals surface area contributed by atoms with Crippen molar-refractivity contribution < 1.29 is 18.5 Å². The van der Waals surface area contributed by atoms with Crippen molar-refractivity contribution in [1.29, 1.82) is 0 Å². The van der Waals surface area contributed by atoms with Gasteiger partial charge < -0.3 is 18.9 Å². The molecular weight excluding hydrogens is 364 g/mol. The number of hydrogen-bond donors (Lipinski definition) is 1. The van der Waals surface area contributed by atoms with Gasteiger partial charge in [-0.1, -0.05) is 12.1 Å². The van der Waals surface area contributed by atoms with Gasteiger partial charge in [-0.3, -0.25) is 10.1 Å². The molecular formula is C20H16N2O6. The molecule has 0 bridgehead atoms. The van der Waals surface area contributed by atoms with Crippen LogP contribution in [0.4, 0.5) is 11.6 Å². The number of nitrogens with zero attached hydrogens (tertiary/aromatic N) is 1. The number of nitro groups is 1. The summed E-state index contributed by atoms with van der Waals surface area (Å²) in [7, 11) is 1.58. The zero-order valence-corrected chi connectivity index (χ0v) is 14.9. The Hall–Kier alpha value is -3.65. The highest BCUT2D eigenvalue weighted by atomic mass is 16.6. The van der Waals surface area contributed by atoms with Crippen molar-refractivity contribution in [1.82, 2.24) is 0 Å². The van der Waals surface area contributed by atoms with Crippen LogP contribution in [0, 0.1) is 10.1 Å². The molecule has 0 fully saturated rings. The van der Waals surface area contributed by atoms with E-state index in [1.165, 1.54) is 12.1 Å².